The molecule has 11 heteroatoms. The van der Waals surface area contributed by atoms with E-state index in [1.165, 1.54) is 12.1 Å². The van der Waals surface area contributed by atoms with E-state index in [0.29, 0.717) is 59.8 Å². The Morgan fingerprint density at radius 2 is 1.74 bits per heavy atom. The quantitative estimate of drug-likeness (QED) is 0.377. The number of urea groups is 1. The van der Waals surface area contributed by atoms with Gasteiger partial charge < -0.3 is 19.5 Å². The van der Waals surface area contributed by atoms with Gasteiger partial charge in [-0.1, -0.05) is 11.6 Å². The van der Waals surface area contributed by atoms with Gasteiger partial charge in [-0.05, 0) is 54.6 Å². The van der Waals surface area contributed by atoms with Crippen molar-refractivity contribution in [2.24, 2.45) is 0 Å². The van der Waals surface area contributed by atoms with Gasteiger partial charge in [-0.2, -0.15) is 13.2 Å². The van der Waals surface area contributed by atoms with Crippen LogP contribution in [0.2, 0.25) is 5.02 Å². The number of piperazine rings is 1. The largest absolute Gasteiger partial charge is 0.461 e. The van der Waals surface area contributed by atoms with Crippen molar-refractivity contribution in [2.45, 2.75) is 6.18 Å². The first kappa shape index (κ1) is 23.0. The summed E-state index contributed by atoms with van der Waals surface area (Å²) in [6.45, 7) is 1.82. The average molecular weight is 502 g/mol. The normalized spacial score (nSPS) is 14.4. The minimum Gasteiger partial charge on any atom is -0.461 e. The van der Waals surface area contributed by atoms with Crippen LogP contribution in [0.4, 0.5) is 29.5 Å². The highest BCUT2D eigenvalue weighted by atomic mass is 35.5. The zero-order valence-electron chi connectivity index (χ0n) is 18.2. The maximum Gasteiger partial charge on any atom is 0.416 e. The molecule has 3 heterocycles. The van der Waals surface area contributed by atoms with Crippen molar-refractivity contribution >= 4 is 40.0 Å². The van der Waals surface area contributed by atoms with Crippen molar-refractivity contribution in [1.29, 1.82) is 0 Å². The molecular formula is C24H19ClF3N5O2. The Labute approximate surface area is 203 Å². The molecule has 1 saturated heterocycles. The van der Waals surface area contributed by atoms with Gasteiger partial charge in [0.2, 0.25) is 0 Å². The Hall–Kier alpha value is -3.79. The minimum atomic E-state index is -4.42. The van der Waals surface area contributed by atoms with E-state index in [4.69, 9.17) is 21.0 Å². The van der Waals surface area contributed by atoms with Gasteiger partial charge in [0.15, 0.2) is 11.6 Å². The molecule has 0 atom stereocenters. The Bertz CT molecular complexity index is 1350. The van der Waals surface area contributed by atoms with Gasteiger partial charge in [-0.25, -0.2) is 14.8 Å². The number of nitrogens with zero attached hydrogens (tertiary/aromatic N) is 4. The first-order valence-electron chi connectivity index (χ1n) is 10.8. The number of rotatable bonds is 3. The number of hydrogen-bond acceptors (Lipinski definition) is 5. The zero-order valence-corrected chi connectivity index (χ0v) is 19.0. The zero-order chi connectivity index (χ0) is 24.6. The topological polar surface area (TPSA) is 74.5 Å². The lowest BCUT2D eigenvalue weighted by molar-refractivity contribution is -0.137. The van der Waals surface area contributed by atoms with Crippen LogP contribution in [0, 0.1) is 0 Å². The third-order valence-electron chi connectivity index (χ3n) is 5.71. The first-order valence-corrected chi connectivity index (χ1v) is 11.1. The number of halogens is 4. The van der Waals surface area contributed by atoms with Crippen molar-refractivity contribution in [3.63, 3.8) is 0 Å². The van der Waals surface area contributed by atoms with E-state index in [2.05, 4.69) is 15.2 Å². The number of carbonyl (C=O) groups is 1. The number of nitrogens with one attached hydrogen (secondary N) is 1. The van der Waals surface area contributed by atoms with Gasteiger partial charge in [0.1, 0.15) is 5.82 Å². The van der Waals surface area contributed by atoms with Crippen molar-refractivity contribution in [1.82, 2.24) is 14.9 Å². The van der Waals surface area contributed by atoms with Gasteiger partial charge >= 0.3 is 12.2 Å². The van der Waals surface area contributed by atoms with Crippen molar-refractivity contribution in [3.8, 4) is 11.6 Å². The molecule has 2 aromatic carbocycles. The predicted octanol–water partition coefficient (Wildman–Crippen LogP) is 5.92. The molecule has 4 aromatic rings. The fourth-order valence-corrected chi connectivity index (χ4v) is 4.08. The number of hydrogen-bond donors (Lipinski definition) is 1. The van der Waals surface area contributed by atoms with E-state index in [0.717, 1.165) is 17.5 Å². The molecule has 0 aliphatic carbocycles. The molecule has 0 bridgehead atoms. The molecular weight excluding hydrogens is 483 g/mol. The van der Waals surface area contributed by atoms with Crippen LogP contribution in [0.1, 0.15) is 5.56 Å². The summed E-state index contributed by atoms with van der Waals surface area (Å²) in [6.07, 6.45) is -2.87. The molecule has 180 valence electrons. The second kappa shape index (κ2) is 9.10. The molecule has 1 N–H and O–H groups in total. The standard InChI is InChI=1S/C24H19ClF3N5O2/c25-16-5-8-18-19(14-16)30-21(20-2-1-13-35-20)31-22(18)32-9-11-33(12-10-32)23(34)29-17-6-3-15(4-7-17)24(26,27)28/h1-8,13-14H,9-12H2,(H,29,34). The summed E-state index contributed by atoms with van der Waals surface area (Å²) < 4.78 is 43.7. The molecule has 2 amide bonds. The van der Waals surface area contributed by atoms with E-state index in [1.54, 1.807) is 35.4 Å². The average Bonchev–Trinajstić information content (AvgIpc) is 3.38. The second-order valence-corrected chi connectivity index (χ2v) is 8.43. The van der Waals surface area contributed by atoms with Crippen LogP contribution in [0.3, 0.4) is 0 Å². The maximum atomic E-state index is 12.8. The maximum absolute atomic E-state index is 12.8. The molecule has 0 spiro atoms. The molecule has 1 aliphatic heterocycles. The van der Waals surface area contributed by atoms with E-state index in [9.17, 15) is 18.0 Å². The predicted molar refractivity (Wildman–Crippen MR) is 126 cm³/mol. The van der Waals surface area contributed by atoms with Crippen molar-refractivity contribution < 1.29 is 22.4 Å². The summed E-state index contributed by atoms with van der Waals surface area (Å²) in [5, 5.41) is 4.04. The number of benzene rings is 2. The highest BCUT2D eigenvalue weighted by Gasteiger charge is 2.30. The lowest BCUT2D eigenvalue weighted by Crippen LogP contribution is -2.50. The molecule has 0 unspecified atom stereocenters. The van der Waals surface area contributed by atoms with Gasteiger partial charge in [0.25, 0.3) is 0 Å². The van der Waals surface area contributed by atoms with Gasteiger partial charge in [0, 0.05) is 42.3 Å². The molecule has 7 nitrogen and oxygen atoms in total. The summed E-state index contributed by atoms with van der Waals surface area (Å²) in [4.78, 5) is 25.7. The molecule has 35 heavy (non-hydrogen) atoms. The van der Waals surface area contributed by atoms with Gasteiger partial charge in [-0.15, -0.1) is 0 Å². The van der Waals surface area contributed by atoms with Crippen LogP contribution in [-0.2, 0) is 6.18 Å². The number of amides is 2. The Morgan fingerprint density at radius 1 is 1.00 bits per heavy atom. The summed E-state index contributed by atoms with van der Waals surface area (Å²) in [6, 6.07) is 12.9. The van der Waals surface area contributed by atoms with Crippen LogP contribution < -0.4 is 10.2 Å². The highest BCUT2D eigenvalue weighted by molar-refractivity contribution is 6.31. The lowest BCUT2D eigenvalue weighted by atomic mass is 10.2. The molecule has 0 radical (unpaired) electrons. The number of aromatic nitrogens is 2. The monoisotopic (exact) mass is 501 g/mol. The van der Waals surface area contributed by atoms with E-state index < -0.39 is 11.7 Å². The second-order valence-electron chi connectivity index (χ2n) is 7.99. The summed E-state index contributed by atoms with van der Waals surface area (Å²) in [5.74, 6) is 1.67. The third-order valence-corrected chi connectivity index (χ3v) is 5.95. The Kier molecular flexibility index (Phi) is 5.98. The SMILES string of the molecule is O=C(Nc1ccc(C(F)(F)F)cc1)N1CCN(c2nc(-c3ccco3)nc3cc(Cl)ccc23)CC1. The van der Waals surface area contributed by atoms with Crippen LogP contribution in [0.15, 0.2) is 65.3 Å². The number of furan rings is 1. The number of fused-ring (bicyclic) bond motifs is 1. The van der Waals surface area contributed by atoms with E-state index in [-0.39, 0.29) is 6.03 Å². The Balaban J connectivity index is 1.31. The summed E-state index contributed by atoms with van der Waals surface area (Å²) in [5.41, 5.74) is 0.208. The summed E-state index contributed by atoms with van der Waals surface area (Å²) >= 11 is 6.18. The molecule has 2 aromatic heterocycles. The van der Waals surface area contributed by atoms with Gasteiger partial charge in [-0.3, -0.25) is 0 Å². The number of anilines is 2. The van der Waals surface area contributed by atoms with Gasteiger partial charge in [0.05, 0.1) is 17.3 Å². The van der Waals surface area contributed by atoms with Crippen molar-refractivity contribution in [2.75, 3.05) is 36.4 Å². The van der Waals surface area contributed by atoms with E-state index in [1.807, 2.05) is 6.07 Å². The van der Waals surface area contributed by atoms with Crippen LogP contribution in [-0.4, -0.2) is 47.1 Å². The fourth-order valence-electron chi connectivity index (χ4n) is 3.91. The van der Waals surface area contributed by atoms with Crippen LogP contribution >= 0.6 is 11.6 Å². The van der Waals surface area contributed by atoms with E-state index >= 15 is 0 Å². The molecule has 0 saturated carbocycles. The third kappa shape index (κ3) is 4.88. The van der Waals surface area contributed by atoms with Crippen LogP contribution in [0.5, 0.6) is 0 Å². The van der Waals surface area contributed by atoms with Crippen molar-refractivity contribution in [3.05, 3.63) is 71.4 Å². The molecule has 5 rings (SSSR count). The summed E-state index contributed by atoms with van der Waals surface area (Å²) in [7, 11) is 0. The fraction of sp³-hybridized carbons (Fsp3) is 0.208. The highest BCUT2D eigenvalue weighted by Crippen LogP contribution is 2.31. The lowest BCUT2D eigenvalue weighted by Gasteiger charge is -2.35. The minimum absolute atomic E-state index is 0.298. The Morgan fingerprint density at radius 3 is 2.40 bits per heavy atom. The smallest absolute Gasteiger partial charge is 0.416 e. The number of alkyl halides is 3. The van der Waals surface area contributed by atoms with Crippen LogP contribution in [0.25, 0.3) is 22.5 Å². The molecule has 1 fully saturated rings. The molecule has 1 aliphatic rings. The first-order chi connectivity index (χ1) is 16.8. The number of carbonyl (C=O) groups excluding carboxylic acids is 1.